The summed E-state index contributed by atoms with van der Waals surface area (Å²) in [4.78, 5) is 38.1. The van der Waals surface area contributed by atoms with Gasteiger partial charge in [-0.1, -0.05) is 33.1 Å². The van der Waals surface area contributed by atoms with Crippen LogP contribution in [0, 0.1) is 5.92 Å². The van der Waals surface area contributed by atoms with Crippen molar-refractivity contribution in [3.63, 3.8) is 0 Å². The molecular weight excluding hydrogens is 296 g/mol. The molecule has 2 aliphatic rings. The molecule has 7 nitrogen and oxygen atoms in total. The zero-order valence-corrected chi connectivity index (χ0v) is 14.3. The Kier molecular flexibility index (Phi) is 4.98. The molecule has 2 rings (SSSR count). The molecule has 0 aromatic rings. The lowest BCUT2D eigenvalue weighted by Gasteiger charge is -2.34. The Labute approximate surface area is 137 Å². The lowest BCUT2D eigenvalue weighted by atomic mass is 9.82. The molecule has 7 heteroatoms. The first-order valence-corrected chi connectivity index (χ1v) is 8.39. The number of nitrogens with one attached hydrogen (secondary N) is 2. The van der Waals surface area contributed by atoms with Gasteiger partial charge < -0.3 is 16.4 Å². The van der Waals surface area contributed by atoms with Crippen molar-refractivity contribution >= 4 is 17.8 Å². The van der Waals surface area contributed by atoms with Crippen LogP contribution in [-0.4, -0.2) is 46.9 Å². The average Bonchev–Trinajstić information content (AvgIpc) is 2.72. The Bertz CT molecular complexity index is 500. The van der Waals surface area contributed by atoms with Crippen molar-refractivity contribution < 1.29 is 14.4 Å². The monoisotopic (exact) mass is 324 g/mol. The van der Waals surface area contributed by atoms with Crippen LogP contribution in [0.4, 0.5) is 4.79 Å². The van der Waals surface area contributed by atoms with Gasteiger partial charge in [0.2, 0.25) is 5.91 Å². The fraction of sp³-hybridized carbons (Fsp3) is 0.812. The summed E-state index contributed by atoms with van der Waals surface area (Å²) in [6.45, 7) is 5.84. The molecule has 1 unspecified atom stereocenters. The number of carbonyl (C=O) groups excluding carboxylic acids is 3. The molecule has 1 aliphatic carbocycles. The van der Waals surface area contributed by atoms with Crippen LogP contribution < -0.4 is 16.4 Å². The first-order valence-electron chi connectivity index (χ1n) is 8.39. The van der Waals surface area contributed by atoms with E-state index < -0.39 is 17.1 Å². The third-order valence-corrected chi connectivity index (χ3v) is 5.38. The van der Waals surface area contributed by atoms with Gasteiger partial charge in [0.1, 0.15) is 12.1 Å². The molecule has 0 aromatic heterocycles. The van der Waals surface area contributed by atoms with Gasteiger partial charge >= 0.3 is 6.03 Å². The summed E-state index contributed by atoms with van der Waals surface area (Å²) in [5, 5.41) is 5.67. The van der Waals surface area contributed by atoms with E-state index in [4.69, 9.17) is 5.73 Å². The van der Waals surface area contributed by atoms with E-state index in [9.17, 15) is 14.4 Å². The summed E-state index contributed by atoms with van der Waals surface area (Å²) in [6, 6.07) is -0.467. The second kappa shape index (κ2) is 6.47. The van der Waals surface area contributed by atoms with Crippen LogP contribution in [0.5, 0.6) is 0 Å². The number of carbonyl (C=O) groups is 3. The number of rotatable bonds is 5. The highest BCUT2D eigenvalue weighted by Gasteiger charge is 2.51. The number of imide groups is 1. The summed E-state index contributed by atoms with van der Waals surface area (Å²) >= 11 is 0. The fourth-order valence-corrected chi connectivity index (χ4v) is 3.25. The van der Waals surface area contributed by atoms with Gasteiger partial charge in [0.05, 0.1) is 5.54 Å². The number of amides is 4. The molecule has 0 aromatic carbocycles. The topological polar surface area (TPSA) is 105 Å². The molecule has 1 atom stereocenters. The van der Waals surface area contributed by atoms with Gasteiger partial charge in [-0.25, -0.2) is 4.79 Å². The minimum atomic E-state index is -0.787. The van der Waals surface area contributed by atoms with Crippen LogP contribution >= 0.6 is 0 Å². The minimum absolute atomic E-state index is 0.143. The van der Waals surface area contributed by atoms with Gasteiger partial charge in [0.25, 0.3) is 5.91 Å². The lowest BCUT2D eigenvalue weighted by molar-refractivity contribution is -0.136. The normalized spacial score (nSPS) is 23.1. The van der Waals surface area contributed by atoms with Crippen LogP contribution in [0.1, 0.15) is 52.9 Å². The zero-order chi connectivity index (χ0) is 17.3. The minimum Gasteiger partial charge on any atom is -0.348 e. The number of hydrogen-bond donors (Lipinski definition) is 3. The quantitative estimate of drug-likeness (QED) is 0.648. The third-order valence-electron chi connectivity index (χ3n) is 5.38. The molecule has 1 saturated heterocycles. The van der Waals surface area contributed by atoms with E-state index in [1.54, 1.807) is 0 Å². The first-order chi connectivity index (χ1) is 10.7. The number of urea groups is 1. The number of nitrogens with zero attached hydrogens (tertiary/aromatic N) is 1. The SMILES string of the molecule is CC(C)C(C)(CN)NC(=O)CN1C(=O)NC2(CCCCC2)C1=O. The molecular formula is C16H28N4O3. The molecule has 23 heavy (non-hydrogen) atoms. The third kappa shape index (κ3) is 3.34. The molecule has 2 fully saturated rings. The van der Waals surface area contributed by atoms with Crippen molar-refractivity contribution in [1.29, 1.82) is 0 Å². The van der Waals surface area contributed by atoms with Gasteiger partial charge in [0.15, 0.2) is 0 Å². The smallest absolute Gasteiger partial charge is 0.325 e. The van der Waals surface area contributed by atoms with E-state index in [1.807, 2.05) is 20.8 Å². The summed E-state index contributed by atoms with van der Waals surface area (Å²) in [6.07, 6.45) is 4.23. The molecule has 4 N–H and O–H groups in total. The van der Waals surface area contributed by atoms with Crippen molar-refractivity contribution in [2.75, 3.05) is 13.1 Å². The molecule has 1 heterocycles. The Balaban J connectivity index is 2.04. The summed E-state index contributed by atoms with van der Waals surface area (Å²) in [5.74, 6) is -0.483. The predicted octanol–water partition coefficient (Wildman–Crippen LogP) is 0.731. The van der Waals surface area contributed by atoms with E-state index in [1.165, 1.54) is 0 Å². The zero-order valence-electron chi connectivity index (χ0n) is 14.3. The van der Waals surface area contributed by atoms with Crippen molar-refractivity contribution in [3.8, 4) is 0 Å². The van der Waals surface area contributed by atoms with Gasteiger partial charge in [0, 0.05) is 6.54 Å². The first kappa shape index (κ1) is 17.7. The highest BCUT2D eigenvalue weighted by Crippen LogP contribution is 2.33. The molecule has 1 saturated carbocycles. The van der Waals surface area contributed by atoms with Crippen LogP contribution in [0.25, 0.3) is 0 Å². The van der Waals surface area contributed by atoms with E-state index in [0.717, 1.165) is 24.2 Å². The van der Waals surface area contributed by atoms with Gasteiger partial charge in [-0.2, -0.15) is 0 Å². The number of nitrogens with two attached hydrogens (primary N) is 1. The second-order valence-electron chi connectivity index (χ2n) is 7.29. The Morgan fingerprint density at radius 1 is 1.35 bits per heavy atom. The lowest BCUT2D eigenvalue weighted by Crippen LogP contribution is -2.57. The summed E-state index contributed by atoms with van der Waals surface area (Å²) in [7, 11) is 0. The maximum Gasteiger partial charge on any atom is 0.325 e. The van der Waals surface area contributed by atoms with Gasteiger partial charge in [-0.05, 0) is 25.7 Å². The Morgan fingerprint density at radius 3 is 2.48 bits per heavy atom. The van der Waals surface area contributed by atoms with E-state index in [0.29, 0.717) is 19.4 Å². The Hall–Kier alpha value is -1.63. The Morgan fingerprint density at radius 2 is 1.96 bits per heavy atom. The maximum absolute atomic E-state index is 12.6. The highest BCUT2D eigenvalue weighted by atomic mass is 16.2. The molecule has 0 radical (unpaired) electrons. The number of hydrogen-bond acceptors (Lipinski definition) is 4. The molecule has 130 valence electrons. The van der Waals surface area contributed by atoms with E-state index in [2.05, 4.69) is 10.6 Å². The van der Waals surface area contributed by atoms with Crippen molar-refractivity contribution in [2.24, 2.45) is 11.7 Å². The van der Waals surface area contributed by atoms with E-state index in [-0.39, 0.29) is 24.3 Å². The van der Waals surface area contributed by atoms with Crippen molar-refractivity contribution in [1.82, 2.24) is 15.5 Å². The van der Waals surface area contributed by atoms with E-state index >= 15 is 0 Å². The average molecular weight is 324 g/mol. The van der Waals surface area contributed by atoms with Crippen molar-refractivity contribution in [3.05, 3.63) is 0 Å². The second-order valence-corrected chi connectivity index (χ2v) is 7.29. The molecule has 4 amide bonds. The molecule has 0 bridgehead atoms. The summed E-state index contributed by atoms with van der Waals surface area (Å²) in [5.41, 5.74) is 4.41. The van der Waals surface area contributed by atoms with Crippen LogP contribution in [0.2, 0.25) is 0 Å². The van der Waals surface area contributed by atoms with Crippen LogP contribution in [0.15, 0.2) is 0 Å². The van der Waals surface area contributed by atoms with Gasteiger partial charge in [-0.3, -0.25) is 14.5 Å². The maximum atomic E-state index is 12.6. The fourth-order valence-electron chi connectivity index (χ4n) is 3.25. The van der Waals surface area contributed by atoms with Gasteiger partial charge in [-0.15, -0.1) is 0 Å². The summed E-state index contributed by atoms with van der Waals surface area (Å²) < 4.78 is 0. The van der Waals surface area contributed by atoms with Crippen LogP contribution in [-0.2, 0) is 9.59 Å². The highest BCUT2D eigenvalue weighted by molar-refractivity contribution is 6.09. The standard InChI is InChI=1S/C16H28N4O3/c1-11(2)15(3,10-17)18-12(21)9-20-13(22)16(19-14(20)23)7-5-4-6-8-16/h11H,4-10,17H2,1-3H3,(H,18,21)(H,19,23). The molecule has 1 aliphatic heterocycles. The predicted molar refractivity (Wildman–Crippen MR) is 86.5 cm³/mol. The van der Waals surface area contributed by atoms with Crippen LogP contribution in [0.3, 0.4) is 0 Å². The molecule has 1 spiro atoms. The van der Waals surface area contributed by atoms with Crippen molar-refractivity contribution in [2.45, 2.75) is 64.0 Å². The largest absolute Gasteiger partial charge is 0.348 e.